The van der Waals surface area contributed by atoms with Gasteiger partial charge in [-0.1, -0.05) is 53.6 Å². The van der Waals surface area contributed by atoms with Gasteiger partial charge in [-0.15, -0.1) is 0 Å². The molecule has 1 amide bonds. The number of halogens is 1. The summed E-state index contributed by atoms with van der Waals surface area (Å²) in [4.78, 5) is 20.6. The highest BCUT2D eigenvalue weighted by molar-refractivity contribution is 7.89. The lowest BCUT2D eigenvalue weighted by molar-refractivity contribution is -0.120. The summed E-state index contributed by atoms with van der Waals surface area (Å²) in [5, 5.41) is 0.681. The molecule has 1 aromatic heterocycles. The fraction of sp³-hybridized carbons (Fsp3) is 0.312. The average Bonchev–Trinajstić information content (AvgIpc) is 3.65. The number of nitrogens with one attached hydrogen (secondary N) is 1. The standard InChI is InChI=1S/C32H33ClN4O3S/c1-21-10-14-24(15-11-21)41(39,40)35-30-9-5-6-22-12-13-23(18-26(22)30)37(20-31-34-16-17-36(31)2)32(38)28-19-27(28)25-7-3-4-8-29(25)33/h3-4,7-8,10-18,27-28,30,35H,5-6,9,19-20H2,1-2H3/t27-,28+,30+/m1/s1. The van der Waals surface area contributed by atoms with Crippen molar-refractivity contribution in [1.82, 2.24) is 14.3 Å². The summed E-state index contributed by atoms with van der Waals surface area (Å²) in [7, 11) is -1.80. The number of aryl methyl sites for hydroxylation is 3. The van der Waals surface area contributed by atoms with Gasteiger partial charge in [-0.25, -0.2) is 18.1 Å². The minimum atomic E-state index is -3.72. The predicted octanol–water partition coefficient (Wildman–Crippen LogP) is 6.07. The summed E-state index contributed by atoms with van der Waals surface area (Å²) in [6.45, 7) is 2.24. The number of imidazole rings is 1. The molecule has 0 unspecified atom stereocenters. The molecule has 0 aliphatic heterocycles. The van der Waals surface area contributed by atoms with Crippen molar-refractivity contribution in [2.24, 2.45) is 13.0 Å². The quantitative estimate of drug-likeness (QED) is 0.271. The number of hydrogen-bond acceptors (Lipinski definition) is 4. The van der Waals surface area contributed by atoms with Crippen molar-refractivity contribution in [3.8, 4) is 0 Å². The Bertz CT molecular complexity index is 1700. The summed E-state index contributed by atoms with van der Waals surface area (Å²) in [5.41, 5.74) is 4.76. The molecule has 2 aliphatic rings. The van der Waals surface area contributed by atoms with Crippen molar-refractivity contribution in [2.45, 2.75) is 56.0 Å². The van der Waals surface area contributed by atoms with Gasteiger partial charge < -0.3 is 9.47 Å². The van der Waals surface area contributed by atoms with E-state index in [0.29, 0.717) is 18.0 Å². The maximum absolute atomic E-state index is 14.1. The van der Waals surface area contributed by atoms with E-state index in [0.717, 1.165) is 53.0 Å². The Morgan fingerprint density at radius 2 is 1.88 bits per heavy atom. The summed E-state index contributed by atoms with van der Waals surface area (Å²) >= 11 is 6.47. The molecule has 1 saturated carbocycles. The first-order valence-corrected chi connectivity index (χ1v) is 15.8. The fourth-order valence-electron chi connectivity index (χ4n) is 5.82. The molecule has 212 valence electrons. The minimum absolute atomic E-state index is 0.0189. The van der Waals surface area contributed by atoms with Crippen LogP contribution in [-0.4, -0.2) is 23.9 Å². The SMILES string of the molecule is Cc1ccc(S(=O)(=O)N[C@H]2CCCc3ccc(N(Cc4nccn4C)C(=O)[C@H]4C[C@@H]4c4ccccc4Cl)cc32)cc1. The number of hydrogen-bond donors (Lipinski definition) is 1. The molecule has 1 N–H and O–H groups in total. The molecule has 0 radical (unpaired) electrons. The topological polar surface area (TPSA) is 84.3 Å². The maximum Gasteiger partial charge on any atom is 0.241 e. The molecule has 1 heterocycles. The summed E-state index contributed by atoms with van der Waals surface area (Å²) in [5.74, 6) is 0.682. The van der Waals surface area contributed by atoms with E-state index in [1.807, 2.05) is 67.2 Å². The van der Waals surface area contributed by atoms with E-state index >= 15 is 0 Å². The first-order chi connectivity index (χ1) is 19.7. The third-order valence-corrected chi connectivity index (χ3v) is 10.1. The molecule has 1 fully saturated rings. The number of amides is 1. The smallest absolute Gasteiger partial charge is 0.241 e. The number of aromatic nitrogens is 2. The van der Waals surface area contributed by atoms with Crippen LogP contribution in [0.5, 0.6) is 0 Å². The van der Waals surface area contributed by atoms with Crippen molar-refractivity contribution in [1.29, 1.82) is 0 Å². The second-order valence-corrected chi connectivity index (χ2v) is 13.2. The molecular weight excluding hydrogens is 556 g/mol. The van der Waals surface area contributed by atoms with Crippen LogP contribution in [0.25, 0.3) is 0 Å². The van der Waals surface area contributed by atoms with Crippen molar-refractivity contribution in [2.75, 3.05) is 4.90 Å². The van der Waals surface area contributed by atoms with Crippen molar-refractivity contribution in [3.63, 3.8) is 0 Å². The van der Waals surface area contributed by atoms with E-state index in [4.69, 9.17) is 11.6 Å². The van der Waals surface area contributed by atoms with E-state index < -0.39 is 10.0 Å². The van der Waals surface area contributed by atoms with Crippen LogP contribution in [0.4, 0.5) is 5.69 Å². The van der Waals surface area contributed by atoms with Crippen LogP contribution < -0.4 is 9.62 Å². The van der Waals surface area contributed by atoms with Crippen LogP contribution in [0.1, 0.15) is 59.3 Å². The Kier molecular flexibility index (Phi) is 7.49. The van der Waals surface area contributed by atoms with Gasteiger partial charge in [0, 0.05) is 42.1 Å². The lowest BCUT2D eigenvalue weighted by atomic mass is 9.87. The van der Waals surface area contributed by atoms with Gasteiger partial charge in [-0.3, -0.25) is 4.79 Å². The normalized spacial score (nSPS) is 19.9. The molecule has 0 spiro atoms. The number of carbonyl (C=O) groups is 1. The minimum Gasteiger partial charge on any atom is -0.337 e. The number of benzene rings is 3. The second kappa shape index (κ2) is 11.1. The Hall–Kier alpha value is -3.46. The molecular formula is C32H33ClN4O3S. The van der Waals surface area contributed by atoms with Crippen LogP contribution >= 0.6 is 11.6 Å². The lowest BCUT2D eigenvalue weighted by Gasteiger charge is -2.29. The molecule has 4 aromatic rings. The molecule has 41 heavy (non-hydrogen) atoms. The third kappa shape index (κ3) is 5.69. The maximum atomic E-state index is 14.1. The second-order valence-electron chi connectivity index (χ2n) is 11.1. The van der Waals surface area contributed by atoms with E-state index in [1.54, 1.807) is 35.4 Å². The van der Waals surface area contributed by atoms with E-state index in [2.05, 4.69) is 9.71 Å². The van der Waals surface area contributed by atoms with Gasteiger partial charge in [-0.2, -0.15) is 0 Å². The third-order valence-electron chi connectivity index (χ3n) is 8.28. The average molecular weight is 589 g/mol. The zero-order valence-corrected chi connectivity index (χ0v) is 24.7. The van der Waals surface area contributed by atoms with Gasteiger partial charge in [0.25, 0.3) is 0 Å². The van der Waals surface area contributed by atoms with Gasteiger partial charge >= 0.3 is 0 Å². The van der Waals surface area contributed by atoms with E-state index in [1.165, 1.54) is 0 Å². The Balaban J connectivity index is 1.32. The van der Waals surface area contributed by atoms with Crippen molar-refractivity contribution < 1.29 is 13.2 Å². The zero-order valence-electron chi connectivity index (χ0n) is 23.1. The fourth-order valence-corrected chi connectivity index (χ4v) is 7.35. The summed E-state index contributed by atoms with van der Waals surface area (Å²) in [6, 6.07) is 20.2. The largest absolute Gasteiger partial charge is 0.337 e. The molecule has 7 nitrogen and oxygen atoms in total. The molecule has 0 bridgehead atoms. The molecule has 3 aromatic carbocycles. The Morgan fingerprint density at radius 1 is 1.10 bits per heavy atom. The summed E-state index contributed by atoms with van der Waals surface area (Å²) in [6.07, 6.45) is 6.76. The van der Waals surface area contributed by atoms with E-state index in [9.17, 15) is 13.2 Å². The lowest BCUT2D eigenvalue weighted by Crippen LogP contribution is -2.34. The van der Waals surface area contributed by atoms with E-state index in [-0.39, 0.29) is 28.7 Å². The monoisotopic (exact) mass is 588 g/mol. The van der Waals surface area contributed by atoms with Crippen LogP contribution in [0.2, 0.25) is 5.02 Å². The van der Waals surface area contributed by atoms with Gasteiger partial charge in [0.15, 0.2) is 0 Å². The first-order valence-electron chi connectivity index (χ1n) is 13.9. The number of carbonyl (C=O) groups excluding carboxylic acids is 1. The highest BCUT2D eigenvalue weighted by Crippen LogP contribution is 2.51. The highest BCUT2D eigenvalue weighted by Gasteiger charge is 2.47. The Morgan fingerprint density at radius 3 is 2.61 bits per heavy atom. The van der Waals surface area contributed by atoms with Crippen LogP contribution in [0, 0.1) is 12.8 Å². The van der Waals surface area contributed by atoms with Gasteiger partial charge in [0.05, 0.1) is 11.4 Å². The molecule has 2 aliphatic carbocycles. The number of sulfonamides is 1. The van der Waals surface area contributed by atoms with Crippen LogP contribution in [0.15, 0.2) is 84.0 Å². The number of anilines is 1. The molecule has 6 rings (SSSR count). The van der Waals surface area contributed by atoms with Gasteiger partial charge in [0.1, 0.15) is 5.82 Å². The van der Waals surface area contributed by atoms with Crippen molar-refractivity contribution >= 4 is 33.2 Å². The predicted molar refractivity (Wildman–Crippen MR) is 160 cm³/mol. The number of rotatable bonds is 8. The van der Waals surface area contributed by atoms with Gasteiger partial charge in [-0.05, 0) is 85.5 Å². The van der Waals surface area contributed by atoms with Crippen molar-refractivity contribution in [3.05, 3.63) is 112 Å². The van der Waals surface area contributed by atoms with Crippen LogP contribution in [0.3, 0.4) is 0 Å². The highest BCUT2D eigenvalue weighted by atomic mass is 35.5. The zero-order chi connectivity index (χ0) is 28.7. The van der Waals surface area contributed by atoms with Crippen LogP contribution in [-0.2, 0) is 34.8 Å². The first kappa shape index (κ1) is 27.7. The summed E-state index contributed by atoms with van der Waals surface area (Å²) < 4.78 is 31.4. The number of nitrogens with zero attached hydrogens (tertiary/aromatic N) is 3. The van der Waals surface area contributed by atoms with Gasteiger partial charge in [0.2, 0.25) is 15.9 Å². The number of fused-ring (bicyclic) bond motifs is 1. The Labute approximate surface area is 246 Å². The molecule has 9 heteroatoms. The molecule has 0 saturated heterocycles. The molecule has 3 atom stereocenters.